The van der Waals surface area contributed by atoms with Crippen molar-refractivity contribution >= 4 is 5.97 Å². The van der Waals surface area contributed by atoms with Crippen molar-refractivity contribution in [2.75, 3.05) is 7.11 Å². The van der Waals surface area contributed by atoms with Gasteiger partial charge in [0, 0.05) is 6.42 Å². The number of hydrogen-bond donors (Lipinski definition) is 3. The number of ether oxygens (including phenoxy) is 3. The maximum absolute atomic E-state index is 11.1. The number of aliphatic hydroxyl groups is 3. The molecule has 1 aliphatic rings. The fourth-order valence-corrected chi connectivity index (χ4v) is 2.84. The van der Waals surface area contributed by atoms with Gasteiger partial charge in [0.1, 0.15) is 18.3 Å². The third kappa shape index (κ3) is 6.64. The molecule has 142 valence electrons. The SMILES string of the molecule is CCC[C@@H](CCCCCC(=O)OC)O[C@@H]1O[C@H](C)[C@@H](O)[C@H](O)[C@H]1O. The van der Waals surface area contributed by atoms with E-state index >= 15 is 0 Å². The van der Waals surface area contributed by atoms with Crippen LogP contribution in [0.3, 0.4) is 0 Å². The van der Waals surface area contributed by atoms with Crippen LogP contribution in [-0.2, 0) is 19.0 Å². The van der Waals surface area contributed by atoms with Gasteiger partial charge in [-0.25, -0.2) is 0 Å². The number of rotatable bonds is 10. The topological polar surface area (TPSA) is 105 Å². The van der Waals surface area contributed by atoms with Crippen LogP contribution in [0.25, 0.3) is 0 Å². The molecule has 0 amide bonds. The van der Waals surface area contributed by atoms with E-state index in [-0.39, 0.29) is 12.1 Å². The Morgan fingerprint density at radius 1 is 1.08 bits per heavy atom. The summed E-state index contributed by atoms with van der Waals surface area (Å²) in [7, 11) is 1.38. The van der Waals surface area contributed by atoms with Crippen LogP contribution in [0.15, 0.2) is 0 Å². The van der Waals surface area contributed by atoms with Crippen molar-refractivity contribution in [3.05, 3.63) is 0 Å². The number of carbonyl (C=O) groups is 1. The second-order valence-electron chi connectivity index (χ2n) is 6.40. The molecule has 0 aromatic carbocycles. The van der Waals surface area contributed by atoms with E-state index in [0.29, 0.717) is 6.42 Å². The van der Waals surface area contributed by atoms with E-state index in [0.717, 1.165) is 38.5 Å². The summed E-state index contributed by atoms with van der Waals surface area (Å²) < 4.78 is 15.9. The van der Waals surface area contributed by atoms with E-state index in [4.69, 9.17) is 9.47 Å². The van der Waals surface area contributed by atoms with Crippen LogP contribution in [0.5, 0.6) is 0 Å². The van der Waals surface area contributed by atoms with E-state index in [1.54, 1.807) is 6.92 Å². The van der Waals surface area contributed by atoms with Gasteiger partial charge in [-0.1, -0.05) is 26.2 Å². The lowest BCUT2D eigenvalue weighted by molar-refractivity contribution is -0.304. The monoisotopic (exact) mass is 348 g/mol. The van der Waals surface area contributed by atoms with Crippen molar-refractivity contribution in [1.29, 1.82) is 0 Å². The molecular weight excluding hydrogens is 316 g/mol. The lowest BCUT2D eigenvalue weighted by Gasteiger charge is -2.40. The van der Waals surface area contributed by atoms with E-state index in [9.17, 15) is 20.1 Å². The predicted octanol–water partition coefficient (Wildman–Crippen LogP) is 1.12. The van der Waals surface area contributed by atoms with Gasteiger partial charge in [0.25, 0.3) is 0 Å². The van der Waals surface area contributed by atoms with Gasteiger partial charge in [-0.2, -0.15) is 0 Å². The van der Waals surface area contributed by atoms with E-state index in [1.807, 2.05) is 6.92 Å². The van der Waals surface area contributed by atoms with Gasteiger partial charge >= 0.3 is 5.97 Å². The standard InChI is InChI=1S/C17H32O7/c1-4-8-12(9-6-5-7-10-13(18)22-3)24-17-16(21)15(20)14(19)11(2)23-17/h11-12,14-17,19-21H,4-10H2,1-3H3/t11-,12+,14-,15+,16-,17+/m1/s1. The molecule has 1 fully saturated rings. The van der Waals surface area contributed by atoms with E-state index in [2.05, 4.69) is 4.74 Å². The first-order valence-electron chi connectivity index (χ1n) is 8.82. The summed E-state index contributed by atoms with van der Waals surface area (Å²) in [4.78, 5) is 11.1. The quantitative estimate of drug-likeness (QED) is 0.401. The number of unbranched alkanes of at least 4 members (excludes halogenated alkanes) is 2. The van der Waals surface area contributed by atoms with Crippen molar-refractivity contribution in [1.82, 2.24) is 0 Å². The predicted molar refractivity (Wildman–Crippen MR) is 87.2 cm³/mol. The maximum Gasteiger partial charge on any atom is 0.305 e. The van der Waals surface area contributed by atoms with Gasteiger partial charge in [0.2, 0.25) is 0 Å². The fourth-order valence-electron chi connectivity index (χ4n) is 2.84. The number of hydrogen-bond acceptors (Lipinski definition) is 7. The largest absolute Gasteiger partial charge is 0.469 e. The molecule has 1 aliphatic heterocycles. The Balaban J connectivity index is 2.40. The second-order valence-corrected chi connectivity index (χ2v) is 6.40. The van der Waals surface area contributed by atoms with Crippen molar-refractivity contribution in [3.63, 3.8) is 0 Å². The van der Waals surface area contributed by atoms with Gasteiger partial charge in [-0.15, -0.1) is 0 Å². The molecule has 0 radical (unpaired) electrons. The molecule has 0 aromatic heterocycles. The third-order valence-electron chi connectivity index (χ3n) is 4.38. The summed E-state index contributed by atoms with van der Waals surface area (Å²) in [5.41, 5.74) is 0. The molecule has 7 heteroatoms. The molecule has 0 unspecified atom stereocenters. The molecule has 0 spiro atoms. The van der Waals surface area contributed by atoms with Crippen molar-refractivity contribution in [2.24, 2.45) is 0 Å². The Kier molecular flexibility index (Phi) is 9.76. The van der Waals surface area contributed by atoms with Crippen LogP contribution >= 0.6 is 0 Å². The van der Waals surface area contributed by atoms with Crippen LogP contribution in [0, 0.1) is 0 Å². The van der Waals surface area contributed by atoms with Crippen molar-refractivity contribution in [2.45, 2.75) is 95.6 Å². The average Bonchev–Trinajstić information content (AvgIpc) is 2.57. The smallest absolute Gasteiger partial charge is 0.305 e. The molecule has 24 heavy (non-hydrogen) atoms. The van der Waals surface area contributed by atoms with Gasteiger partial charge in [-0.3, -0.25) is 4.79 Å². The first-order valence-corrected chi connectivity index (χ1v) is 8.82. The normalized spacial score (nSPS) is 31.7. The summed E-state index contributed by atoms with van der Waals surface area (Å²) in [6.07, 6.45) is 0.205. The molecule has 0 aliphatic carbocycles. The van der Waals surface area contributed by atoms with Crippen molar-refractivity contribution < 1.29 is 34.3 Å². The molecule has 6 atom stereocenters. The zero-order valence-electron chi connectivity index (χ0n) is 14.9. The molecule has 0 bridgehead atoms. The molecule has 0 saturated carbocycles. The average molecular weight is 348 g/mol. The minimum absolute atomic E-state index is 0.0950. The Bertz CT molecular complexity index is 363. The Morgan fingerprint density at radius 3 is 2.42 bits per heavy atom. The third-order valence-corrected chi connectivity index (χ3v) is 4.38. The first kappa shape index (κ1) is 21.3. The summed E-state index contributed by atoms with van der Waals surface area (Å²) in [5.74, 6) is -0.198. The lowest BCUT2D eigenvalue weighted by atomic mass is 9.99. The van der Waals surface area contributed by atoms with Gasteiger partial charge in [-0.05, 0) is 26.2 Å². The van der Waals surface area contributed by atoms with Gasteiger partial charge in [0.05, 0.1) is 19.3 Å². The summed E-state index contributed by atoms with van der Waals surface area (Å²) in [6, 6.07) is 0. The highest BCUT2D eigenvalue weighted by Gasteiger charge is 2.43. The fraction of sp³-hybridized carbons (Fsp3) is 0.941. The van der Waals surface area contributed by atoms with E-state index < -0.39 is 30.7 Å². The zero-order chi connectivity index (χ0) is 18.1. The first-order chi connectivity index (χ1) is 11.4. The second kappa shape index (κ2) is 11.0. The highest BCUT2D eigenvalue weighted by Crippen LogP contribution is 2.25. The Morgan fingerprint density at radius 2 is 1.79 bits per heavy atom. The molecular formula is C17H32O7. The molecule has 0 aromatic rings. The van der Waals surface area contributed by atoms with Crippen molar-refractivity contribution in [3.8, 4) is 0 Å². The van der Waals surface area contributed by atoms with Crippen LogP contribution in [0.4, 0.5) is 0 Å². The molecule has 1 heterocycles. The summed E-state index contributed by atoms with van der Waals surface area (Å²) >= 11 is 0. The highest BCUT2D eigenvalue weighted by molar-refractivity contribution is 5.68. The van der Waals surface area contributed by atoms with Crippen LogP contribution in [0.2, 0.25) is 0 Å². The highest BCUT2D eigenvalue weighted by atomic mass is 16.7. The van der Waals surface area contributed by atoms with Crippen LogP contribution in [-0.4, -0.2) is 65.2 Å². The number of carbonyl (C=O) groups excluding carboxylic acids is 1. The number of methoxy groups -OCH3 is 1. The lowest BCUT2D eigenvalue weighted by Crippen LogP contribution is -2.57. The minimum Gasteiger partial charge on any atom is -0.469 e. The van der Waals surface area contributed by atoms with Crippen LogP contribution < -0.4 is 0 Å². The molecule has 3 N–H and O–H groups in total. The zero-order valence-corrected chi connectivity index (χ0v) is 14.9. The number of aliphatic hydroxyl groups excluding tert-OH is 3. The Labute approximate surface area is 143 Å². The van der Waals surface area contributed by atoms with Gasteiger partial charge < -0.3 is 29.5 Å². The van der Waals surface area contributed by atoms with Gasteiger partial charge in [0.15, 0.2) is 6.29 Å². The summed E-state index contributed by atoms with van der Waals surface area (Å²) in [5, 5.41) is 29.6. The molecule has 7 nitrogen and oxygen atoms in total. The molecule has 1 saturated heterocycles. The minimum atomic E-state index is -1.28. The van der Waals surface area contributed by atoms with Crippen LogP contribution in [0.1, 0.15) is 58.8 Å². The number of esters is 1. The summed E-state index contributed by atoms with van der Waals surface area (Å²) in [6.45, 7) is 3.69. The maximum atomic E-state index is 11.1. The molecule has 1 rings (SSSR count). The van der Waals surface area contributed by atoms with E-state index in [1.165, 1.54) is 7.11 Å². The Hall–Kier alpha value is -0.730.